The van der Waals surface area contributed by atoms with Gasteiger partial charge in [-0.25, -0.2) is 0 Å². The van der Waals surface area contributed by atoms with E-state index in [2.05, 4.69) is 4.90 Å². The predicted octanol–water partition coefficient (Wildman–Crippen LogP) is -0.584. The highest BCUT2D eigenvalue weighted by atomic mass is 16.2. The first-order chi connectivity index (χ1) is 7.15. The molecule has 86 valence electrons. The number of nitrogens with zero attached hydrogens (tertiary/aromatic N) is 2. The summed E-state index contributed by atoms with van der Waals surface area (Å²) in [5, 5.41) is 0. The van der Waals surface area contributed by atoms with E-state index in [1.54, 1.807) is 0 Å². The number of likely N-dealkylation sites (tertiary alicyclic amines) is 1. The molecule has 0 radical (unpaired) electrons. The Balaban J connectivity index is 2.24. The van der Waals surface area contributed by atoms with Crippen LogP contribution in [-0.2, 0) is 9.59 Å². The van der Waals surface area contributed by atoms with Crippen LogP contribution >= 0.6 is 0 Å². The van der Waals surface area contributed by atoms with E-state index in [0.29, 0.717) is 25.9 Å². The Morgan fingerprint density at radius 3 is 2.40 bits per heavy atom. The molecule has 1 aliphatic rings. The van der Waals surface area contributed by atoms with E-state index in [4.69, 9.17) is 5.73 Å². The van der Waals surface area contributed by atoms with Crippen molar-refractivity contribution >= 4 is 11.8 Å². The second kappa shape index (κ2) is 5.82. The maximum Gasteiger partial charge on any atom is 0.229 e. The lowest BCUT2D eigenvalue weighted by molar-refractivity contribution is -0.138. The van der Waals surface area contributed by atoms with E-state index in [-0.39, 0.29) is 11.8 Å². The fourth-order valence-corrected chi connectivity index (χ4v) is 1.62. The average molecular weight is 213 g/mol. The van der Waals surface area contributed by atoms with Crippen LogP contribution in [0.5, 0.6) is 0 Å². The lowest BCUT2D eigenvalue weighted by atomic mass is 10.4. The van der Waals surface area contributed by atoms with Gasteiger partial charge in [0.15, 0.2) is 0 Å². The number of nitrogens with two attached hydrogens (primary N) is 1. The highest BCUT2D eigenvalue weighted by Gasteiger charge is 2.28. The first-order valence-electron chi connectivity index (χ1n) is 5.37. The summed E-state index contributed by atoms with van der Waals surface area (Å²) >= 11 is 0. The van der Waals surface area contributed by atoms with E-state index in [9.17, 15) is 9.59 Å². The van der Waals surface area contributed by atoms with Crippen molar-refractivity contribution in [3.05, 3.63) is 0 Å². The molecule has 1 saturated heterocycles. The largest absolute Gasteiger partial charge is 0.330 e. The van der Waals surface area contributed by atoms with Gasteiger partial charge in [-0.05, 0) is 26.6 Å². The van der Waals surface area contributed by atoms with Crippen LogP contribution in [0.25, 0.3) is 0 Å². The Bertz CT molecular complexity index is 227. The fraction of sp³-hybridized carbons (Fsp3) is 0.800. The average Bonchev–Trinajstić information content (AvgIpc) is 2.53. The van der Waals surface area contributed by atoms with Crippen LogP contribution < -0.4 is 5.73 Å². The van der Waals surface area contributed by atoms with Gasteiger partial charge < -0.3 is 10.6 Å². The molecule has 2 amide bonds. The number of likely N-dealkylation sites (N-methyl/N-ethyl adjacent to an activating group) is 1. The van der Waals surface area contributed by atoms with Crippen molar-refractivity contribution in [1.29, 1.82) is 0 Å². The molecule has 0 aliphatic carbocycles. The maximum atomic E-state index is 11.3. The molecule has 1 aliphatic heterocycles. The summed E-state index contributed by atoms with van der Waals surface area (Å²) in [5.41, 5.74) is 5.39. The highest BCUT2D eigenvalue weighted by Crippen LogP contribution is 2.10. The molecule has 0 bridgehead atoms. The maximum absolute atomic E-state index is 11.3. The molecule has 1 fully saturated rings. The van der Waals surface area contributed by atoms with E-state index in [1.165, 1.54) is 4.90 Å². The number of amides is 2. The van der Waals surface area contributed by atoms with Gasteiger partial charge in [0, 0.05) is 25.9 Å². The van der Waals surface area contributed by atoms with Crippen molar-refractivity contribution in [2.75, 3.05) is 33.2 Å². The third-order valence-electron chi connectivity index (χ3n) is 2.60. The molecule has 0 aromatic carbocycles. The van der Waals surface area contributed by atoms with Crippen LogP contribution in [0, 0.1) is 0 Å². The van der Waals surface area contributed by atoms with Crippen molar-refractivity contribution < 1.29 is 9.59 Å². The van der Waals surface area contributed by atoms with Crippen molar-refractivity contribution in [3.63, 3.8) is 0 Å². The van der Waals surface area contributed by atoms with E-state index < -0.39 is 0 Å². The summed E-state index contributed by atoms with van der Waals surface area (Å²) in [7, 11) is 1.97. The number of imide groups is 1. The highest BCUT2D eigenvalue weighted by molar-refractivity contribution is 6.01. The van der Waals surface area contributed by atoms with Gasteiger partial charge in [0.05, 0.1) is 0 Å². The molecule has 2 N–H and O–H groups in total. The molecular formula is C10H19N3O2. The van der Waals surface area contributed by atoms with Crippen molar-refractivity contribution in [1.82, 2.24) is 9.80 Å². The monoisotopic (exact) mass is 213 g/mol. The van der Waals surface area contributed by atoms with Crippen molar-refractivity contribution in [2.24, 2.45) is 5.73 Å². The molecule has 15 heavy (non-hydrogen) atoms. The SMILES string of the molecule is CN(CCCN)CCN1C(=O)CCC1=O. The zero-order valence-electron chi connectivity index (χ0n) is 9.24. The third kappa shape index (κ3) is 3.60. The number of carbonyl (C=O) groups excluding carboxylic acids is 2. The first-order valence-corrected chi connectivity index (χ1v) is 5.37. The quantitative estimate of drug-likeness (QED) is 0.599. The van der Waals surface area contributed by atoms with E-state index in [0.717, 1.165) is 19.5 Å². The van der Waals surface area contributed by atoms with Gasteiger partial charge in [0.1, 0.15) is 0 Å². The number of rotatable bonds is 6. The molecule has 1 rings (SSSR count). The summed E-state index contributed by atoms with van der Waals surface area (Å²) in [5.74, 6) is -0.0700. The van der Waals surface area contributed by atoms with Crippen LogP contribution in [-0.4, -0.2) is 54.8 Å². The van der Waals surface area contributed by atoms with Crippen LogP contribution in [0.3, 0.4) is 0 Å². The van der Waals surface area contributed by atoms with Gasteiger partial charge in [-0.15, -0.1) is 0 Å². The molecule has 5 heteroatoms. The van der Waals surface area contributed by atoms with Crippen molar-refractivity contribution in [2.45, 2.75) is 19.3 Å². The normalized spacial score (nSPS) is 16.9. The minimum Gasteiger partial charge on any atom is -0.330 e. The van der Waals surface area contributed by atoms with E-state index >= 15 is 0 Å². The van der Waals surface area contributed by atoms with Gasteiger partial charge in [-0.3, -0.25) is 14.5 Å². The molecule has 0 unspecified atom stereocenters. The molecule has 0 atom stereocenters. The molecule has 0 aromatic rings. The minimum atomic E-state index is -0.0350. The zero-order chi connectivity index (χ0) is 11.3. The van der Waals surface area contributed by atoms with Gasteiger partial charge in [0.25, 0.3) is 0 Å². The lowest BCUT2D eigenvalue weighted by Crippen LogP contribution is -2.37. The zero-order valence-corrected chi connectivity index (χ0v) is 9.24. The number of carbonyl (C=O) groups is 2. The van der Waals surface area contributed by atoms with Gasteiger partial charge >= 0.3 is 0 Å². The van der Waals surface area contributed by atoms with Crippen molar-refractivity contribution in [3.8, 4) is 0 Å². The Morgan fingerprint density at radius 1 is 1.27 bits per heavy atom. The van der Waals surface area contributed by atoms with Gasteiger partial charge in [-0.1, -0.05) is 0 Å². The summed E-state index contributed by atoms with van der Waals surface area (Å²) in [6.07, 6.45) is 1.70. The fourth-order valence-electron chi connectivity index (χ4n) is 1.62. The minimum absolute atomic E-state index is 0.0350. The Morgan fingerprint density at radius 2 is 1.87 bits per heavy atom. The smallest absolute Gasteiger partial charge is 0.229 e. The van der Waals surface area contributed by atoms with Gasteiger partial charge in [0.2, 0.25) is 11.8 Å². The molecule has 0 spiro atoms. The second-order valence-corrected chi connectivity index (χ2v) is 3.88. The Kier molecular flexibility index (Phi) is 4.71. The first kappa shape index (κ1) is 12.1. The van der Waals surface area contributed by atoms with Crippen LogP contribution in [0.1, 0.15) is 19.3 Å². The van der Waals surface area contributed by atoms with E-state index in [1.807, 2.05) is 7.05 Å². The third-order valence-corrected chi connectivity index (χ3v) is 2.60. The lowest BCUT2D eigenvalue weighted by Gasteiger charge is -2.20. The summed E-state index contributed by atoms with van der Waals surface area (Å²) in [4.78, 5) is 26.0. The summed E-state index contributed by atoms with van der Waals surface area (Å²) in [6.45, 7) is 2.83. The Labute approximate surface area is 90.2 Å². The topological polar surface area (TPSA) is 66.6 Å². The molecule has 0 aromatic heterocycles. The number of hydrogen-bond acceptors (Lipinski definition) is 4. The predicted molar refractivity (Wildman–Crippen MR) is 57.1 cm³/mol. The summed E-state index contributed by atoms with van der Waals surface area (Å²) < 4.78 is 0. The summed E-state index contributed by atoms with van der Waals surface area (Å²) in [6, 6.07) is 0. The standard InChI is InChI=1S/C10H19N3O2/c1-12(6-2-5-11)7-8-13-9(14)3-4-10(13)15/h2-8,11H2,1H3. The molecule has 0 saturated carbocycles. The van der Waals surface area contributed by atoms with Crippen LogP contribution in [0.15, 0.2) is 0 Å². The number of hydrogen-bond donors (Lipinski definition) is 1. The molecular weight excluding hydrogens is 194 g/mol. The second-order valence-electron chi connectivity index (χ2n) is 3.88. The Hall–Kier alpha value is -0.940. The van der Waals surface area contributed by atoms with Gasteiger partial charge in [-0.2, -0.15) is 0 Å². The van der Waals surface area contributed by atoms with Crippen LogP contribution in [0.4, 0.5) is 0 Å². The van der Waals surface area contributed by atoms with Crippen LogP contribution in [0.2, 0.25) is 0 Å². The molecule has 1 heterocycles. The molecule has 5 nitrogen and oxygen atoms in total.